The topological polar surface area (TPSA) is 84.8 Å². The zero-order valence-electron chi connectivity index (χ0n) is 13.9. The number of aromatic amines is 1. The predicted molar refractivity (Wildman–Crippen MR) is 90.9 cm³/mol. The monoisotopic (exact) mass is 327 g/mol. The van der Waals surface area contributed by atoms with Crippen molar-refractivity contribution in [3.8, 4) is 5.75 Å². The summed E-state index contributed by atoms with van der Waals surface area (Å²) in [6, 6.07) is 5.94. The zero-order chi connectivity index (χ0) is 16.9. The Morgan fingerprint density at radius 3 is 3.00 bits per heavy atom. The van der Waals surface area contributed by atoms with Crippen molar-refractivity contribution in [1.29, 1.82) is 0 Å². The van der Waals surface area contributed by atoms with Crippen LogP contribution < -0.4 is 10.1 Å². The summed E-state index contributed by atoms with van der Waals surface area (Å²) in [5.74, 6) is 0.856. The van der Waals surface area contributed by atoms with Crippen molar-refractivity contribution >= 4 is 16.8 Å². The van der Waals surface area contributed by atoms with Crippen LogP contribution in [0.5, 0.6) is 5.75 Å². The molecule has 0 unspecified atom stereocenters. The summed E-state index contributed by atoms with van der Waals surface area (Å²) in [4.78, 5) is 15.2. The molecule has 0 saturated heterocycles. The number of fused-ring (bicyclic) bond motifs is 1. The van der Waals surface area contributed by atoms with Crippen molar-refractivity contribution in [1.82, 2.24) is 25.3 Å². The molecule has 0 bridgehead atoms. The Bertz CT molecular complexity index is 836. The Kier molecular flexibility index (Phi) is 4.79. The number of ether oxygens (including phenoxy) is 1. The molecule has 2 aromatic heterocycles. The molecular weight excluding hydrogens is 306 g/mol. The molecule has 1 amide bonds. The highest BCUT2D eigenvalue weighted by Gasteiger charge is 2.07. The molecule has 7 nitrogen and oxygen atoms in total. The summed E-state index contributed by atoms with van der Waals surface area (Å²) in [5.41, 5.74) is 3.06. The Balaban J connectivity index is 1.50. The summed E-state index contributed by atoms with van der Waals surface area (Å²) >= 11 is 0. The van der Waals surface area contributed by atoms with Crippen LogP contribution in [0.15, 0.2) is 30.6 Å². The fourth-order valence-corrected chi connectivity index (χ4v) is 2.67. The summed E-state index contributed by atoms with van der Waals surface area (Å²) in [6.45, 7) is 0.601. The largest absolute Gasteiger partial charge is 0.497 e. The summed E-state index contributed by atoms with van der Waals surface area (Å²) < 4.78 is 6.91. The molecule has 0 aliphatic heterocycles. The number of nitrogens with zero attached hydrogens (tertiary/aromatic N) is 3. The van der Waals surface area contributed by atoms with Crippen molar-refractivity contribution in [2.75, 3.05) is 13.7 Å². The van der Waals surface area contributed by atoms with Crippen molar-refractivity contribution in [2.45, 2.75) is 19.3 Å². The van der Waals surface area contributed by atoms with Gasteiger partial charge in [-0.25, -0.2) is 0 Å². The van der Waals surface area contributed by atoms with E-state index in [1.165, 1.54) is 0 Å². The van der Waals surface area contributed by atoms with Crippen LogP contribution in [-0.2, 0) is 24.7 Å². The van der Waals surface area contributed by atoms with Crippen LogP contribution in [0.2, 0.25) is 0 Å². The maximum Gasteiger partial charge on any atom is 0.220 e. The van der Waals surface area contributed by atoms with Crippen LogP contribution in [0, 0.1) is 0 Å². The quantitative estimate of drug-likeness (QED) is 0.690. The van der Waals surface area contributed by atoms with E-state index in [1.54, 1.807) is 11.8 Å². The molecule has 24 heavy (non-hydrogen) atoms. The third kappa shape index (κ3) is 3.73. The number of rotatable bonds is 7. The number of benzene rings is 1. The average molecular weight is 327 g/mol. The molecule has 0 fully saturated rings. The zero-order valence-corrected chi connectivity index (χ0v) is 13.9. The Morgan fingerprint density at radius 1 is 1.38 bits per heavy atom. The second kappa shape index (κ2) is 7.16. The molecule has 126 valence electrons. The van der Waals surface area contributed by atoms with Gasteiger partial charge in [0.2, 0.25) is 5.91 Å². The lowest BCUT2D eigenvalue weighted by Gasteiger charge is -2.05. The molecule has 0 radical (unpaired) electrons. The van der Waals surface area contributed by atoms with Gasteiger partial charge in [0.25, 0.3) is 0 Å². The van der Waals surface area contributed by atoms with Gasteiger partial charge in [0.15, 0.2) is 0 Å². The number of carbonyl (C=O) groups excluding carboxylic acids is 1. The van der Waals surface area contributed by atoms with Gasteiger partial charge in [-0.2, -0.15) is 0 Å². The highest BCUT2D eigenvalue weighted by atomic mass is 16.5. The Labute approximate surface area is 140 Å². The third-order valence-corrected chi connectivity index (χ3v) is 3.95. The second-order valence-corrected chi connectivity index (χ2v) is 5.71. The number of methoxy groups -OCH3 is 1. The van der Waals surface area contributed by atoms with Crippen LogP contribution >= 0.6 is 0 Å². The van der Waals surface area contributed by atoms with Gasteiger partial charge in [0.05, 0.1) is 12.8 Å². The van der Waals surface area contributed by atoms with Gasteiger partial charge in [-0.1, -0.05) is 5.21 Å². The number of amides is 1. The molecule has 0 spiro atoms. The van der Waals surface area contributed by atoms with Gasteiger partial charge < -0.3 is 15.0 Å². The first-order chi connectivity index (χ1) is 11.7. The first-order valence-corrected chi connectivity index (χ1v) is 7.91. The fraction of sp³-hybridized carbons (Fsp3) is 0.353. The minimum absolute atomic E-state index is 0.0260. The SMILES string of the molecule is COc1ccc2[nH]cc(CCNC(=O)CCc3cn(C)nn3)c2c1. The van der Waals surface area contributed by atoms with Gasteiger partial charge >= 0.3 is 0 Å². The number of aryl methyl sites for hydroxylation is 2. The van der Waals surface area contributed by atoms with Crippen LogP contribution in [0.4, 0.5) is 0 Å². The normalized spacial score (nSPS) is 10.9. The van der Waals surface area contributed by atoms with Crippen LogP contribution in [0.1, 0.15) is 17.7 Å². The highest BCUT2D eigenvalue weighted by molar-refractivity contribution is 5.84. The molecular formula is C17H21N5O2. The lowest BCUT2D eigenvalue weighted by molar-refractivity contribution is -0.121. The standard InChI is InChI=1S/C17H21N5O2/c1-22-11-13(20-21-22)3-6-17(23)18-8-7-12-10-19-16-5-4-14(24-2)9-15(12)16/h4-5,9-11,19H,3,6-8H2,1-2H3,(H,18,23). The van der Waals surface area contributed by atoms with Crippen molar-refractivity contribution < 1.29 is 9.53 Å². The molecule has 3 rings (SSSR count). The Morgan fingerprint density at radius 2 is 2.25 bits per heavy atom. The minimum Gasteiger partial charge on any atom is -0.497 e. The van der Waals surface area contributed by atoms with E-state index in [0.29, 0.717) is 19.4 Å². The maximum atomic E-state index is 11.9. The molecule has 0 aliphatic rings. The van der Waals surface area contributed by atoms with Crippen LogP contribution in [-0.4, -0.2) is 39.5 Å². The second-order valence-electron chi connectivity index (χ2n) is 5.71. The highest BCUT2D eigenvalue weighted by Crippen LogP contribution is 2.23. The summed E-state index contributed by atoms with van der Waals surface area (Å²) in [5, 5.41) is 11.9. The van der Waals surface area contributed by atoms with Gasteiger partial charge in [-0.3, -0.25) is 9.48 Å². The van der Waals surface area contributed by atoms with E-state index in [2.05, 4.69) is 20.6 Å². The van der Waals surface area contributed by atoms with E-state index in [4.69, 9.17) is 4.74 Å². The lowest BCUT2D eigenvalue weighted by atomic mass is 10.1. The predicted octanol–water partition coefficient (Wildman–Crippen LogP) is 1.60. The van der Waals surface area contributed by atoms with E-state index in [1.807, 2.05) is 37.6 Å². The van der Waals surface area contributed by atoms with Gasteiger partial charge in [0.1, 0.15) is 5.75 Å². The van der Waals surface area contributed by atoms with Gasteiger partial charge in [0, 0.05) is 49.7 Å². The van der Waals surface area contributed by atoms with Gasteiger partial charge in [-0.05, 0) is 30.2 Å². The summed E-state index contributed by atoms with van der Waals surface area (Å²) in [6.07, 6.45) is 5.59. The fourth-order valence-electron chi connectivity index (χ4n) is 2.67. The van der Waals surface area contributed by atoms with Crippen molar-refractivity contribution in [3.05, 3.63) is 41.9 Å². The van der Waals surface area contributed by atoms with Crippen LogP contribution in [0.25, 0.3) is 10.9 Å². The van der Waals surface area contributed by atoms with E-state index in [9.17, 15) is 4.79 Å². The first kappa shape index (κ1) is 16.0. The average Bonchev–Trinajstić information content (AvgIpc) is 3.19. The number of hydrogen-bond acceptors (Lipinski definition) is 4. The van der Waals surface area contributed by atoms with E-state index in [0.717, 1.165) is 34.3 Å². The number of nitrogens with one attached hydrogen (secondary N) is 2. The van der Waals surface area contributed by atoms with E-state index in [-0.39, 0.29) is 5.91 Å². The molecule has 7 heteroatoms. The molecule has 3 aromatic rings. The number of hydrogen-bond donors (Lipinski definition) is 2. The van der Waals surface area contributed by atoms with Gasteiger partial charge in [-0.15, -0.1) is 5.10 Å². The van der Waals surface area contributed by atoms with E-state index >= 15 is 0 Å². The van der Waals surface area contributed by atoms with E-state index < -0.39 is 0 Å². The maximum absolute atomic E-state index is 11.9. The van der Waals surface area contributed by atoms with Crippen molar-refractivity contribution in [2.24, 2.45) is 7.05 Å². The first-order valence-electron chi connectivity index (χ1n) is 7.91. The third-order valence-electron chi connectivity index (χ3n) is 3.95. The molecule has 0 aliphatic carbocycles. The number of carbonyl (C=O) groups is 1. The number of H-pyrrole nitrogens is 1. The molecule has 0 saturated carbocycles. The minimum atomic E-state index is 0.0260. The lowest BCUT2D eigenvalue weighted by Crippen LogP contribution is -2.25. The number of aromatic nitrogens is 4. The summed E-state index contributed by atoms with van der Waals surface area (Å²) in [7, 11) is 3.47. The Hall–Kier alpha value is -2.83. The van der Waals surface area contributed by atoms with Crippen LogP contribution in [0.3, 0.4) is 0 Å². The molecule has 2 heterocycles. The molecule has 0 atom stereocenters. The van der Waals surface area contributed by atoms with Crippen molar-refractivity contribution in [3.63, 3.8) is 0 Å². The molecule has 2 N–H and O–H groups in total. The smallest absolute Gasteiger partial charge is 0.220 e. The molecule has 1 aromatic carbocycles.